The van der Waals surface area contributed by atoms with Gasteiger partial charge in [-0.1, -0.05) is 34.6 Å². The average molecular weight is 536 g/mol. The molecule has 1 heterocycles. The lowest BCUT2D eigenvalue weighted by Gasteiger charge is -2.43. The maximum Gasteiger partial charge on any atom is 0.160 e. The number of aliphatic hydroxyl groups is 5. The highest BCUT2D eigenvalue weighted by molar-refractivity contribution is 4.95. The standard InChI is InChI=1S/C28H57NO8/c1-11-22(36-24-14-17(4)25(31)21(8)35-24)19(6)27(33)37-23(12-2)28(9,34)26(32)20(7)29(10)15-16(3)13-18(5)30/h16-27,30-34H,11-15H2,1-10H3/t16-,17?,18?,19-,20-,21+,22+,23-,24+,25-,26-,27?,28?/m1/s1. The van der Waals surface area contributed by atoms with Gasteiger partial charge in [-0.15, -0.1) is 0 Å². The fourth-order valence-corrected chi connectivity index (χ4v) is 5.51. The Morgan fingerprint density at radius 3 is 2.14 bits per heavy atom. The van der Waals surface area contributed by atoms with E-state index in [1.165, 1.54) is 0 Å². The molecule has 1 aliphatic rings. The molecule has 0 saturated carbocycles. The molecule has 4 unspecified atom stereocenters. The van der Waals surface area contributed by atoms with Gasteiger partial charge >= 0.3 is 0 Å². The van der Waals surface area contributed by atoms with Gasteiger partial charge in [0.15, 0.2) is 12.6 Å². The minimum atomic E-state index is -1.62. The molecular weight excluding hydrogens is 478 g/mol. The van der Waals surface area contributed by atoms with Crippen LogP contribution in [0, 0.1) is 17.8 Å². The Hall–Kier alpha value is -0.360. The van der Waals surface area contributed by atoms with Gasteiger partial charge in [0.2, 0.25) is 0 Å². The minimum absolute atomic E-state index is 0.0407. The van der Waals surface area contributed by atoms with E-state index in [2.05, 4.69) is 0 Å². The fraction of sp³-hybridized carbons (Fsp3) is 1.00. The Kier molecular flexibility index (Phi) is 14.5. The minimum Gasteiger partial charge on any atom is -0.393 e. The summed E-state index contributed by atoms with van der Waals surface area (Å²) in [7, 11) is 1.89. The third kappa shape index (κ3) is 9.96. The van der Waals surface area contributed by atoms with Crippen molar-refractivity contribution < 1.29 is 39.7 Å². The van der Waals surface area contributed by atoms with E-state index in [-0.39, 0.29) is 30.1 Å². The third-order valence-electron chi connectivity index (χ3n) is 8.18. The topological polar surface area (TPSA) is 132 Å². The first-order valence-corrected chi connectivity index (χ1v) is 14.2. The van der Waals surface area contributed by atoms with Gasteiger partial charge < -0.3 is 44.6 Å². The first kappa shape index (κ1) is 34.7. The predicted molar refractivity (Wildman–Crippen MR) is 144 cm³/mol. The molecule has 0 spiro atoms. The zero-order chi connectivity index (χ0) is 28.7. The molecule has 0 aromatic heterocycles. The maximum absolute atomic E-state index is 11.4. The number of aliphatic hydroxyl groups excluding tert-OH is 4. The van der Waals surface area contributed by atoms with Crippen molar-refractivity contribution in [3.05, 3.63) is 0 Å². The van der Waals surface area contributed by atoms with Gasteiger partial charge in [-0.3, -0.25) is 0 Å². The van der Waals surface area contributed by atoms with Gasteiger partial charge in [0, 0.05) is 24.9 Å². The normalized spacial score (nSPS) is 31.1. The molecule has 13 atom stereocenters. The van der Waals surface area contributed by atoms with Crippen LogP contribution >= 0.6 is 0 Å². The van der Waals surface area contributed by atoms with E-state index in [1.807, 2.05) is 60.4 Å². The Morgan fingerprint density at radius 1 is 1.05 bits per heavy atom. The number of ether oxygens (including phenoxy) is 3. The van der Waals surface area contributed by atoms with Crippen molar-refractivity contribution in [3.8, 4) is 0 Å². The molecule has 0 aliphatic carbocycles. The van der Waals surface area contributed by atoms with E-state index in [4.69, 9.17) is 14.2 Å². The molecule has 0 bridgehead atoms. The zero-order valence-electron chi connectivity index (χ0n) is 24.9. The first-order chi connectivity index (χ1) is 17.1. The summed E-state index contributed by atoms with van der Waals surface area (Å²) in [6.07, 6.45) is -3.05. The van der Waals surface area contributed by atoms with E-state index >= 15 is 0 Å². The molecule has 5 N–H and O–H groups in total. The molecule has 0 amide bonds. The van der Waals surface area contributed by atoms with E-state index in [9.17, 15) is 25.5 Å². The summed E-state index contributed by atoms with van der Waals surface area (Å²) in [5.41, 5.74) is -1.62. The summed E-state index contributed by atoms with van der Waals surface area (Å²) in [4.78, 5) is 1.97. The largest absolute Gasteiger partial charge is 0.393 e. The number of rotatable bonds is 16. The summed E-state index contributed by atoms with van der Waals surface area (Å²) < 4.78 is 18.0. The summed E-state index contributed by atoms with van der Waals surface area (Å²) in [6, 6.07) is -0.381. The molecule has 0 aromatic rings. The number of likely N-dealkylation sites (N-methyl/N-ethyl adjacent to an activating group) is 1. The summed E-state index contributed by atoms with van der Waals surface area (Å²) in [5, 5.41) is 53.3. The second-order valence-corrected chi connectivity index (χ2v) is 11.9. The van der Waals surface area contributed by atoms with Crippen LogP contribution in [0.1, 0.15) is 88.0 Å². The van der Waals surface area contributed by atoms with Gasteiger partial charge in [0.1, 0.15) is 11.7 Å². The summed E-state index contributed by atoms with van der Waals surface area (Å²) in [5.74, 6) is -0.160. The average Bonchev–Trinajstić information content (AvgIpc) is 2.81. The second-order valence-electron chi connectivity index (χ2n) is 11.9. The van der Waals surface area contributed by atoms with E-state index in [0.717, 1.165) is 0 Å². The van der Waals surface area contributed by atoms with Crippen LogP contribution < -0.4 is 0 Å². The highest BCUT2D eigenvalue weighted by Gasteiger charge is 2.44. The van der Waals surface area contributed by atoms with Crippen molar-refractivity contribution in [1.29, 1.82) is 0 Å². The fourth-order valence-electron chi connectivity index (χ4n) is 5.51. The molecule has 222 valence electrons. The lowest BCUT2D eigenvalue weighted by Crippen LogP contribution is -2.59. The van der Waals surface area contributed by atoms with E-state index in [1.54, 1.807) is 13.8 Å². The summed E-state index contributed by atoms with van der Waals surface area (Å²) >= 11 is 0. The smallest absolute Gasteiger partial charge is 0.160 e. The van der Waals surface area contributed by atoms with Crippen LogP contribution in [-0.4, -0.2) is 105 Å². The van der Waals surface area contributed by atoms with Crippen molar-refractivity contribution in [1.82, 2.24) is 4.90 Å². The van der Waals surface area contributed by atoms with Crippen molar-refractivity contribution in [2.24, 2.45) is 17.8 Å². The molecular formula is C28H57NO8. The zero-order valence-corrected chi connectivity index (χ0v) is 24.9. The lowest BCUT2D eigenvalue weighted by atomic mass is 9.86. The van der Waals surface area contributed by atoms with Gasteiger partial charge in [-0.25, -0.2) is 0 Å². The van der Waals surface area contributed by atoms with Gasteiger partial charge in [-0.05, 0) is 65.8 Å². The van der Waals surface area contributed by atoms with Gasteiger partial charge in [-0.2, -0.15) is 0 Å². The van der Waals surface area contributed by atoms with Crippen LogP contribution in [0.2, 0.25) is 0 Å². The Bertz CT molecular complexity index is 623. The molecule has 0 aromatic carbocycles. The number of hydrogen-bond donors (Lipinski definition) is 5. The second kappa shape index (κ2) is 15.4. The van der Waals surface area contributed by atoms with Crippen molar-refractivity contribution in [2.45, 2.75) is 149 Å². The molecule has 0 radical (unpaired) electrons. The highest BCUT2D eigenvalue weighted by atomic mass is 16.7. The highest BCUT2D eigenvalue weighted by Crippen LogP contribution is 2.31. The Balaban J connectivity index is 2.82. The first-order valence-electron chi connectivity index (χ1n) is 14.2. The SMILES string of the molecule is CC[C@H](O[C@H]1CC(C)[C@@H](O)[C@H](C)O1)[C@@H](C)C(O)O[C@H](CC)C(C)(O)[C@H](O)[C@@H](C)N(C)C[C@H](C)CC(C)O. The molecule has 1 aliphatic heterocycles. The summed E-state index contributed by atoms with van der Waals surface area (Å²) in [6.45, 7) is 17.3. The number of nitrogens with zero attached hydrogens (tertiary/aromatic N) is 1. The Morgan fingerprint density at radius 2 is 1.65 bits per heavy atom. The van der Waals surface area contributed by atoms with Crippen molar-refractivity contribution in [3.63, 3.8) is 0 Å². The molecule has 37 heavy (non-hydrogen) atoms. The van der Waals surface area contributed by atoms with E-state index < -0.39 is 48.5 Å². The molecule has 1 fully saturated rings. The van der Waals surface area contributed by atoms with Crippen LogP contribution in [0.5, 0.6) is 0 Å². The van der Waals surface area contributed by atoms with Gasteiger partial charge in [0.05, 0.1) is 30.5 Å². The maximum atomic E-state index is 11.4. The quantitative estimate of drug-likeness (QED) is 0.189. The Labute approximate surface area is 225 Å². The lowest BCUT2D eigenvalue weighted by molar-refractivity contribution is -0.278. The molecule has 9 heteroatoms. The molecule has 1 rings (SSSR count). The molecule has 1 saturated heterocycles. The predicted octanol–water partition coefficient (Wildman–Crippen LogP) is 2.50. The van der Waals surface area contributed by atoms with Gasteiger partial charge in [0.25, 0.3) is 0 Å². The van der Waals surface area contributed by atoms with Crippen LogP contribution in [-0.2, 0) is 14.2 Å². The van der Waals surface area contributed by atoms with Crippen LogP contribution in [0.3, 0.4) is 0 Å². The van der Waals surface area contributed by atoms with E-state index in [0.29, 0.717) is 32.2 Å². The monoisotopic (exact) mass is 535 g/mol. The van der Waals surface area contributed by atoms with Crippen molar-refractivity contribution in [2.75, 3.05) is 13.6 Å². The van der Waals surface area contributed by atoms with Crippen molar-refractivity contribution >= 4 is 0 Å². The van der Waals surface area contributed by atoms with Crippen LogP contribution in [0.25, 0.3) is 0 Å². The van der Waals surface area contributed by atoms with Crippen LogP contribution in [0.4, 0.5) is 0 Å². The number of hydrogen-bond acceptors (Lipinski definition) is 9. The van der Waals surface area contributed by atoms with Crippen LogP contribution in [0.15, 0.2) is 0 Å². The molecule has 9 nitrogen and oxygen atoms in total. The third-order valence-corrected chi connectivity index (χ3v) is 8.18.